The number of hydrogen-bond acceptors (Lipinski definition) is 3. The second-order valence-corrected chi connectivity index (χ2v) is 2.18. The largest absolute Gasteiger partial charge is 0.449 e. The van der Waals surface area contributed by atoms with Crippen molar-refractivity contribution in [2.45, 2.75) is 6.92 Å². The van der Waals surface area contributed by atoms with Gasteiger partial charge in [-0.05, 0) is 18.6 Å². The first-order chi connectivity index (χ1) is 5.74. The molecule has 64 valence electrons. The molecule has 0 saturated heterocycles. The Kier molecular flexibility index (Phi) is 2.57. The molecular weight excluding hydrogens is 163 g/mol. The topological polar surface area (TPSA) is 51.2 Å². The molecular formula is C7H7FN2O2. The van der Waals surface area contributed by atoms with Crippen LogP contribution in [-0.2, 0) is 4.94 Å². The molecule has 0 aliphatic rings. The number of rotatable bonds is 1. The van der Waals surface area contributed by atoms with Gasteiger partial charge in [0, 0.05) is 10.7 Å². The molecule has 0 radical (unpaired) electrons. The zero-order valence-corrected chi connectivity index (χ0v) is 6.37. The summed E-state index contributed by atoms with van der Waals surface area (Å²) in [7, 11) is 0. The zero-order chi connectivity index (χ0) is 8.97. The maximum Gasteiger partial charge on any atom is 0.449 e. The third kappa shape index (κ3) is 1.91. The van der Waals surface area contributed by atoms with Gasteiger partial charge in [0.15, 0.2) is 0 Å². The summed E-state index contributed by atoms with van der Waals surface area (Å²) >= 11 is 0. The maximum atomic E-state index is 11.3. The van der Waals surface area contributed by atoms with Crippen LogP contribution in [0.25, 0.3) is 0 Å². The fraction of sp³-hybridized carbons (Fsp3) is 0.143. The number of nitrogens with one attached hydrogen (secondary N) is 1. The molecule has 0 aliphatic heterocycles. The molecule has 0 aliphatic carbocycles. The van der Waals surface area contributed by atoms with Crippen LogP contribution < -0.4 is 5.32 Å². The molecule has 1 aromatic rings. The lowest BCUT2D eigenvalue weighted by Gasteiger charge is -2.02. The third-order valence-electron chi connectivity index (χ3n) is 1.35. The van der Waals surface area contributed by atoms with Gasteiger partial charge in [0.05, 0.1) is 11.9 Å². The predicted octanol–water partition coefficient (Wildman–Crippen LogP) is 1.82. The van der Waals surface area contributed by atoms with Gasteiger partial charge in [-0.3, -0.25) is 10.3 Å². The van der Waals surface area contributed by atoms with E-state index < -0.39 is 6.09 Å². The number of carbonyl (C=O) groups is 1. The summed E-state index contributed by atoms with van der Waals surface area (Å²) in [5.41, 5.74) is 1.22. The lowest BCUT2D eigenvalue weighted by molar-refractivity contribution is -0.0544. The van der Waals surface area contributed by atoms with E-state index in [1.165, 1.54) is 6.20 Å². The van der Waals surface area contributed by atoms with E-state index in [2.05, 4.69) is 15.2 Å². The van der Waals surface area contributed by atoms with E-state index >= 15 is 0 Å². The highest BCUT2D eigenvalue weighted by Gasteiger charge is 2.04. The highest BCUT2D eigenvalue weighted by atomic mass is 19.3. The van der Waals surface area contributed by atoms with Crippen molar-refractivity contribution >= 4 is 11.8 Å². The van der Waals surface area contributed by atoms with E-state index in [0.29, 0.717) is 5.69 Å². The first-order valence-corrected chi connectivity index (χ1v) is 3.24. The zero-order valence-electron chi connectivity index (χ0n) is 6.37. The Hall–Kier alpha value is -1.65. The highest BCUT2D eigenvalue weighted by Crippen LogP contribution is 2.11. The molecule has 1 N–H and O–H groups in total. The summed E-state index contributed by atoms with van der Waals surface area (Å²) < 4.78 is 11.3. The number of amides is 1. The van der Waals surface area contributed by atoms with Gasteiger partial charge in [-0.1, -0.05) is 0 Å². The number of aromatic nitrogens is 1. The average molecular weight is 170 g/mol. The van der Waals surface area contributed by atoms with Gasteiger partial charge < -0.3 is 0 Å². The molecule has 1 amide bonds. The summed E-state index contributed by atoms with van der Waals surface area (Å²) in [6.07, 6.45) is 1.83. The summed E-state index contributed by atoms with van der Waals surface area (Å²) in [6.45, 7) is 1.76. The molecule has 1 heterocycles. The second kappa shape index (κ2) is 3.66. The van der Waals surface area contributed by atoms with E-state index in [1.807, 2.05) is 0 Å². The normalized spacial score (nSPS) is 9.17. The summed E-state index contributed by atoms with van der Waals surface area (Å²) in [4.78, 5) is 17.1. The van der Waals surface area contributed by atoms with Gasteiger partial charge in [-0.2, -0.15) is 0 Å². The highest BCUT2D eigenvalue weighted by molar-refractivity contribution is 5.84. The number of pyridine rings is 1. The molecule has 12 heavy (non-hydrogen) atoms. The molecule has 0 fully saturated rings. The van der Waals surface area contributed by atoms with Crippen molar-refractivity contribution in [1.82, 2.24) is 4.98 Å². The van der Waals surface area contributed by atoms with Crippen molar-refractivity contribution in [3.05, 3.63) is 24.0 Å². The van der Waals surface area contributed by atoms with Crippen molar-refractivity contribution < 1.29 is 14.3 Å². The fourth-order valence-corrected chi connectivity index (χ4v) is 0.724. The minimum Gasteiger partial charge on any atom is -0.287 e. The van der Waals surface area contributed by atoms with Crippen LogP contribution >= 0.6 is 0 Å². The molecule has 0 spiro atoms. The van der Waals surface area contributed by atoms with Crippen molar-refractivity contribution in [3.63, 3.8) is 0 Å². The van der Waals surface area contributed by atoms with Gasteiger partial charge in [-0.25, -0.2) is 9.74 Å². The van der Waals surface area contributed by atoms with Crippen LogP contribution in [0.5, 0.6) is 0 Å². The van der Waals surface area contributed by atoms with Crippen molar-refractivity contribution in [3.8, 4) is 0 Å². The number of nitrogens with zero attached hydrogens (tertiary/aromatic N) is 1. The van der Waals surface area contributed by atoms with Crippen LogP contribution in [0.2, 0.25) is 0 Å². The van der Waals surface area contributed by atoms with E-state index in [1.54, 1.807) is 19.2 Å². The average Bonchev–Trinajstić information content (AvgIpc) is 2.09. The van der Waals surface area contributed by atoms with E-state index in [-0.39, 0.29) is 0 Å². The van der Waals surface area contributed by atoms with Crippen LogP contribution in [0.1, 0.15) is 5.56 Å². The SMILES string of the molecule is Cc1ccncc1NC(=O)OF. The Morgan fingerprint density at radius 1 is 1.75 bits per heavy atom. The molecule has 1 aromatic heterocycles. The third-order valence-corrected chi connectivity index (χ3v) is 1.35. The Morgan fingerprint density at radius 2 is 2.50 bits per heavy atom. The minimum absolute atomic E-state index is 0.431. The van der Waals surface area contributed by atoms with E-state index in [0.717, 1.165) is 5.56 Å². The number of carbonyl (C=O) groups excluding carboxylic acids is 1. The first kappa shape index (κ1) is 8.45. The van der Waals surface area contributed by atoms with Crippen molar-refractivity contribution in [2.75, 3.05) is 5.32 Å². The van der Waals surface area contributed by atoms with Gasteiger partial charge in [0.2, 0.25) is 0 Å². The standard InChI is InChI=1S/C7H7FN2O2/c1-5-2-3-9-4-6(5)10-7(11)12-8/h2-4H,1H3,(H,10,11). The van der Waals surface area contributed by atoms with Crippen molar-refractivity contribution in [1.29, 1.82) is 0 Å². The van der Waals surface area contributed by atoms with E-state index in [4.69, 9.17) is 0 Å². The fourth-order valence-electron chi connectivity index (χ4n) is 0.724. The first-order valence-electron chi connectivity index (χ1n) is 3.24. The maximum absolute atomic E-state index is 11.3. The van der Waals surface area contributed by atoms with Crippen LogP contribution in [0.3, 0.4) is 0 Å². The van der Waals surface area contributed by atoms with Crippen LogP contribution in [0, 0.1) is 6.92 Å². The monoisotopic (exact) mass is 170 g/mol. The van der Waals surface area contributed by atoms with Gasteiger partial charge in [0.1, 0.15) is 0 Å². The Labute approximate surface area is 68.3 Å². The molecule has 0 aromatic carbocycles. The van der Waals surface area contributed by atoms with Gasteiger partial charge in [0.25, 0.3) is 0 Å². The number of anilines is 1. The van der Waals surface area contributed by atoms with Gasteiger partial charge >= 0.3 is 6.09 Å². The number of aryl methyl sites for hydroxylation is 1. The molecule has 0 unspecified atom stereocenters. The summed E-state index contributed by atoms with van der Waals surface area (Å²) in [5, 5.41) is 2.16. The predicted molar refractivity (Wildman–Crippen MR) is 40.2 cm³/mol. The molecule has 0 saturated carbocycles. The lowest BCUT2D eigenvalue weighted by Crippen LogP contribution is -2.10. The summed E-state index contributed by atoms with van der Waals surface area (Å²) in [5.74, 6) is 0. The molecule has 0 atom stereocenters. The van der Waals surface area contributed by atoms with Crippen LogP contribution in [0.15, 0.2) is 18.5 Å². The Morgan fingerprint density at radius 3 is 3.08 bits per heavy atom. The van der Waals surface area contributed by atoms with Gasteiger partial charge in [-0.15, -0.1) is 0 Å². The van der Waals surface area contributed by atoms with Crippen LogP contribution in [-0.4, -0.2) is 11.1 Å². The Balaban J connectivity index is 2.75. The molecule has 0 bridgehead atoms. The minimum atomic E-state index is -1.15. The van der Waals surface area contributed by atoms with Crippen molar-refractivity contribution in [2.24, 2.45) is 0 Å². The lowest BCUT2D eigenvalue weighted by atomic mass is 10.2. The van der Waals surface area contributed by atoms with Crippen LogP contribution in [0.4, 0.5) is 15.0 Å². The number of halogens is 1. The number of hydrogen-bond donors (Lipinski definition) is 1. The molecule has 4 nitrogen and oxygen atoms in total. The smallest absolute Gasteiger partial charge is 0.287 e. The van der Waals surface area contributed by atoms with E-state index in [9.17, 15) is 9.32 Å². The Bertz CT molecular complexity index is 290. The quantitative estimate of drug-likeness (QED) is 0.699. The second-order valence-electron chi connectivity index (χ2n) is 2.18. The summed E-state index contributed by atoms with van der Waals surface area (Å²) in [6, 6.07) is 1.69. The molecule has 5 heteroatoms. The molecule has 1 rings (SSSR count).